The molecule has 0 radical (unpaired) electrons. The lowest BCUT2D eigenvalue weighted by atomic mass is 9.77. The highest BCUT2D eigenvalue weighted by molar-refractivity contribution is 7.08. The molecule has 1 aromatic heterocycles. The molecule has 2 atom stereocenters. The van der Waals surface area contributed by atoms with E-state index < -0.39 is 0 Å². The van der Waals surface area contributed by atoms with Crippen molar-refractivity contribution in [2.24, 2.45) is 5.92 Å². The molecule has 0 aliphatic heterocycles. The second kappa shape index (κ2) is 6.39. The third-order valence-corrected chi connectivity index (χ3v) is 5.24. The molecule has 1 aliphatic carbocycles. The molecule has 0 spiro atoms. The monoisotopic (exact) mass is 315 g/mol. The van der Waals surface area contributed by atoms with Gasteiger partial charge in [-0.05, 0) is 36.2 Å². The second-order valence-corrected chi connectivity index (χ2v) is 7.23. The molecule has 0 aromatic carbocycles. The molecule has 112 valence electrons. The Hall–Kier alpha value is -0.680. The molecule has 4 nitrogen and oxygen atoms in total. The van der Waals surface area contributed by atoms with Crippen molar-refractivity contribution in [3.05, 3.63) is 10.6 Å². The van der Waals surface area contributed by atoms with Gasteiger partial charge in [-0.2, -0.15) is 0 Å². The van der Waals surface area contributed by atoms with Crippen LogP contribution in [0.25, 0.3) is 0 Å². The van der Waals surface area contributed by atoms with Crippen molar-refractivity contribution in [3.63, 3.8) is 0 Å². The molecule has 1 N–H and O–H groups in total. The maximum absolute atomic E-state index is 12.5. The van der Waals surface area contributed by atoms with Crippen molar-refractivity contribution in [2.75, 3.05) is 5.88 Å². The maximum atomic E-state index is 12.5. The smallest absolute Gasteiger partial charge is 0.265 e. The van der Waals surface area contributed by atoms with Crippen molar-refractivity contribution < 1.29 is 4.79 Å². The molecule has 1 aliphatic rings. The summed E-state index contributed by atoms with van der Waals surface area (Å²) in [5.74, 6) is 1.20. The van der Waals surface area contributed by atoms with E-state index in [0.717, 1.165) is 25.0 Å². The van der Waals surface area contributed by atoms with Crippen LogP contribution in [0.15, 0.2) is 0 Å². The van der Waals surface area contributed by atoms with Crippen LogP contribution in [-0.2, 0) is 0 Å². The zero-order valence-corrected chi connectivity index (χ0v) is 13.9. The summed E-state index contributed by atoms with van der Waals surface area (Å²) >= 11 is 7.34. The average molecular weight is 316 g/mol. The number of aromatic nitrogens is 2. The van der Waals surface area contributed by atoms with Crippen LogP contribution >= 0.6 is 23.1 Å². The van der Waals surface area contributed by atoms with Gasteiger partial charge < -0.3 is 5.32 Å². The Balaban J connectivity index is 2.15. The number of carbonyl (C=O) groups excluding carboxylic acids is 1. The number of halogens is 1. The minimum absolute atomic E-state index is 0.0709. The van der Waals surface area contributed by atoms with Gasteiger partial charge in [0.25, 0.3) is 5.91 Å². The number of hydrogen-bond donors (Lipinski definition) is 1. The van der Waals surface area contributed by atoms with Crippen LogP contribution in [0.5, 0.6) is 0 Å². The Morgan fingerprint density at radius 1 is 1.60 bits per heavy atom. The number of alkyl halides is 1. The summed E-state index contributed by atoms with van der Waals surface area (Å²) in [5.41, 5.74) is 0.509. The first kappa shape index (κ1) is 15.7. The van der Waals surface area contributed by atoms with Crippen LogP contribution in [0.1, 0.15) is 67.7 Å². The summed E-state index contributed by atoms with van der Waals surface area (Å²) < 4.78 is 3.92. The number of nitrogens with zero attached hydrogens (tertiary/aromatic N) is 2. The summed E-state index contributed by atoms with van der Waals surface area (Å²) in [6.45, 7) is 6.27. The van der Waals surface area contributed by atoms with Gasteiger partial charge in [-0.25, -0.2) is 0 Å². The zero-order valence-electron chi connectivity index (χ0n) is 12.3. The summed E-state index contributed by atoms with van der Waals surface area (Å²) in [5, 5.41) is 7.24. The van der Waals surface area contributed by atoms with Crippen molar-refractivity contribution in [1.82, 2.24) is 14.9 Å². The highest BCUT2D eigenvalue weighted by Gasteiger charge is 2.36. The average Bonchev–Trinajstić information content (AvgIpc) is 2.88. The van der Waals surface area contributed by atoms with Crippen molar-refractivity contribution in [3.8, 4) is 0 Å². The number of carbonyl (C=O) groups is 1. The zero-order chi connectivity index (χ0) is 14.8. The number of nitrogens with one attached hydrogen (secondary N) is 1. The summed E-state index contributed by atoms with van der Waals surface area (Å²) in [4.78, 5) is 13.2. The SMILES string of the molecule is CC1CCCC(CCl)(NC(=O)c2snnc2C(C)C)C1. The molecule has 1 heterocycles. The minimum Gasteiger partial charge on any atom is -0.345 e. The first-order chi connectivity index (χ1) is 9.47. The van der Waals surface area contributed by atoms with Gasteiger partial charge in [0.05, 0.1) is 11.2 Å². The lowest BCUT2D eigenvalue weighted by molar-refractivity contribution is 0.0870. The van der Waals surface area contributed by atoms with Crippen molar-refractivity contribution in [1.29, 1.82) is 0 Å². The Labute approximate surface area is 129 Å². The molecule has 0 bridgehead atoms. The summed E-state index contributed by atoms with van der Waals surface area (Å²) in [6, 6.07) is 0. The van der Waals surface area contributed by atoms with Crippen LogP contribution < -0.4 is 5.32 Å². The van der Waals surface area contributed by atoms with E-state index >= 15 is 0 Å². The van der Waals surface area contributed by atoms with E-state index in [4.69, 9.17) is 11.6 Å². The van der Waals surface area contributed by atoms with E-state index in [-0.39, 0.29) is 17.4 Å². The van der Waals surface area contributed by atoms with E-state index in [1.54, 1.807) is 0 Å². The quantitative estimate of drug-likeness (QED) is 0.864. The number of hydrogen-bond acceptors (Lipinski definition) is 4. The predicted octanol–water partition coefficient (Wildman–Crippen LogP) is 3.58. The molecule has 20 heavy (non-hydrogen) atoms. The fourth-order valence-electron chi connectivity index (χ4n) is 2.96. The highest BCUT2D eigenvalue weighted by Crippen LogP contribution is 2.34. The fourth-order valence-corrected chi connectivity index (χ4v) is 3.98. The van der Waals surface area contributed by atoms with Gasteiger partial charge >= 0.3 is 0 Å². The van der Waals surface area contributed by atoms with Crippen LogP contribution in [0, 0.1) is 5.92 Å². The largest absolute Gasteiger partial charge is 0.345 e. The molecule has 2 rings (SSSR count). The van der Waals surface area contributed by atoms with Gasteiger partial charge in [0, 0.05) is 5.88 Å². The van der Waals surface area contributed by atoms with Gasteiger partial charge in [0.2, 0.25) is 0 Å². The van der Waals surface area contributed by atoms with Crippen molar-refractivity contribution in [2.45, 2.75) is 57.9 Å². The van der Waals surface area contributed by atoms with Gasteiger partial charge in [-0.3, -0.25) is 4.79 Å². The van der Waals surface area contributed by atoms with Gasteiger partial charge in [0.15, 0.2) is 0 Å². The van der Waals surface area contributed by atoms with Crippen molar-refractivity contribution >= 4 is 29.0 Å². The number of amides is 1. The third-order valence-electron chi connectivity index (χ3n) is 3.99. The molecule has 6 heteroatoms. The normalized spacial score (nSPS) is 26.8. The first-order valence-electron chi connectivity index (χ1n) is 7.18. The molecule has 2 unspecified atom stereocenters. The van der Waals surface area contributed by atoms with E-state index in [0.29, 0.717) is 16.7 Å². The summed E-state index contributed by atoms with van der Waals surface area (Å²) in [7, 11) is 0. The molecule has 1 amide bonds. The van der Waals surface area contributed by atoms with Gasteiger partial charge in [-0.1, -0.05) is 38.1 Å². The standard InChI is InChI=1S/C14H22ClN3OS/c1-9(2)11-12(20-18-17-11)13(19)16-14(8-15)6-4-5-10(3)7-14/h9-10H,4-8H2,1-3H3,(H,16,19). The minimum atomic E-state index is -0.269. The van der Waals surface area contributed by atoms with E-state index in [2.05, 4.69) is 21.8 Å². The van der Waals surface area contributed by atoms with E-state index in [9.17, 15) is 4.79 Å². The van der Waals surface area contributed by atoms with Gasteiger partial charge in [-0.15, -0.1) is 16.7 Å². The highest BCUT2D eigenvalue weighted by atomic mass is 35.5. The first-order valence-corrected chi connectivity index (χ1v) is 8.49. The van der Waals surface area contributed by atoms with Crippen LogP contribution in [0.4, 0.5) is 0 Å². The Kier molecular flexibility index (Phi) is 5.02. The van der Waals surface area contributed by atoms with E-state index in [1.807, 2.05) is 13.8 Å². The summed E-state index contributed by atoms with van der Waals surface area (Å²) in [6.07, 6.45) is 4.24. The Morgan fingerprint density at radius 3 is 2.95 bits per heavy atom. The molecule has 1 fully saturated rings. The molecular weight excluding hydrogens is 294 g/mol. The lowest BCUT2D eigenvalue weighted by Crippen LogP contribution is -2.52. The maximum Gasteiger partial charge on any atom is 0.265 e. The molecular formula is C14H22ClN3OS. The van der Waals surface area contributed by atoms with E-state index in [1.165, 1.54) is 18.0 Å². The molecule has 0 saturated heterocycles. The van der Waals surface area contributed by atoms with Crippen LogP contribution in [-0.4, -0.2) is 26.9 Å². The fraction of sp³-hybridized carbons (Fsp3) is 0.786. The third kappa shape index (κ3) is 3.31. The Bertz CT molecular complexity index is 477. The number of rotatable bonds is 4. The van der Waals surface area contributed by atoms with Crippen LogP contribution in [0.3, 0.4) is 0 Å². The second-order valence-electron chi connectivity index (χ2n) is 6.21. The molecule has 1 saturated carbocycles. The van der Waals surface area contributed by atoms with Gasteiger partial charge in [0.1, 0.15) is 4.88 Å². The topological polar surface area (TPSA) is 54.9 Å². The van der Waals surface area contributed by atoms with Crippen LogP contribution in [0.2, 0.25) is 0 Å². The molecule has 1 aromatic rings. The lowest BCUT2D eigenvalue weighted by Gasteiger charge is -2.39. The Morgan fingerprint density at radius 2 is 2.35 bits per heavy atom. The predicted molar refractivity (Wildman–Crippen MR) is 82.5 cm³/mol.